The fourth-order valence-electron chi connectivity index (χ4n) is 2.63. The molecule has 116 valence electrons. The summed E-state index contributed by atoms with van der Waals surface area (Å²) in [6, 6.07) is 0. The van der Waals surface area contributed by atoms with Crippen molar-refractivity contribution < 1.29 is 4.79 Å². The number of fused-ring (bicyclic) bond motifs is 1. The maximum Gasteiger partial charge on any atom is 0.254 e. The highest BCUT2D eigenvalue weighted by Crippen LogP contribution is 2.11. The van der Waals surface area contributed by atoms with Crippen LogP contribution in [0, 0.1) is 6.92 Å². The van der Waals surface area contributed by atoms with Gasteiger partial charge < -0.3 is 9.88 Å². The first-order chi connectivity index (χ1) is 10.6. The minimum atomic E-state index is -0.0921. The van der Waals surface area contributed by atoms with Crippen LogP contribution in [0.2, 0.25) is 0 Å². The van der Waals surface area contributed by atoms with Crippen LogP contribution in [0.25, 0.3) is 0 Å². The molecule has 0 atom stereocenters. The monoisotopic (exact) mass is 303 g/mol. The summed E-state index contributed by atoms with van der Waals surface area (Å²) in [6.07, 6.45) is 2.97. The Morgan fingerprint density at radius 3 is 2.95 bits per heavy atom. The van der Waals surface area contributed by atoms with Crippen LogP contribution >= 0.6 is 0 Å². The number of nitrogens with zero attached hydrogens (tertiary/aromatic N) is 6. The smallest absolute Gasteiger partial charge is 0.254 e. The van der Waals surface area contributed by atoms with E-state index in [4.69, 9.17) is 0 Å². The second kappa shape index (κ2) is 6.04. The Morgan fingerprint density at radius 1 is 1.36 bits per heavy atom. The quantitative estimate of drug-likeness (QED) is 0.785. The van der Waals surface area contributed by atoms with Crippen molar-refractivity contribution in [2.75, 3.05) is 13.1 Å². The number of aromatic nitrogens is 6. The van der Waals surface area contributed by atoms with Gasteiger partial charge in [-0.2, -0.15) is 0 Å². The van der Waals surface area contributed by atoms with E-state index in [1.165, 1.54) is 11.0 Å². The molecule has 2 aromatic heterocycles. The number of amides is 1. The Balaban J connectivity index is 1.65. The van der Waals surface area contributed by atoms with E-state index in [2.05, 4.69) is 25.5 Å². The Kier molecular flexibility index (Phi) is 3.94. The summed E-state index contributed by atoms with van der Waals surface area (Å²) in [5.74, 6) is 0.652. The average molecular weight is 303 g/mol. The lowest BCUT2D eigenvalue weighted by atomic mass is 10.1. The van der Waals surface area contributed by atoms with Crippen molar-refractivity contribution in [3.63, 3.8) is 0 Å². The number of tetrazole rings is 1. The summed E-state index contributed by atoms with van der Waals surface area (Å²) in [4.78, 5) is 33.1. The molecule has 3 heterocycles. The van der Waals surface area contributed by atoms with Gasteiger partial charge in [0.05, 0.1) is 12.2 Å². The van der Waals surface area contributed by atoms with Crippen molar-refractivity contribution in [3.8, 4) is 0 Å². The van der Waals surface area contributed by atoms with Gasteiger partial charge in [-0.25, -0.2) is 9.67 Å². The van der Waals surface area contributed by atoms with Gasteiger partial charge in [-0.05, 0) is 23.8 Å². The van der Waals surface area contributed by atoms with Crippen molar-refractivity contribution in [1.82, 2.24) is 35.1 Å². The zero-order chi connectivity index (χ0) is 15.5. The number of hydrogen-bond donors (Lipinski definition) is 1. The van der Waals surface area contributed by atoms with Gasteiger partial charge in [0, 0.05) is 31.5 Å². The molecular formula is C13H17N7O2. The maximum absolute atomic E-state index is 12.3. The number of hydrogen-bond acceptors (Lipinski definition) is 6. The van der Waals surface area contributed by atoms with Gasteiger partial charge in [0.25, 0.3) is 5.56 Å². The van der Waals surface area contributed by atoms with Gasteiger partial charge in [-0.3, -0.25) is 9.59 Å². The van der Waals surface area contributed by atoms with E-state index in [0.29, 0.717) is 50.3 Å². The molecule has 0 radical (unpaired) electrons. The highest BCUT2D eigenvalue weighted by Gasteiger charge is 2.21. The molecule has 9 heteroatoms. The fraction of sp³-hybridized carbons (Fsp3) is 0.538. The van der Waals surface area contributed by atoms with Crippen LogP contribution in [-0.4, -0.2) is 54.1 Å². The van der Waals surface area contributed by atoms with Crippen LogP contribution in [0.15, 0.2) is 11.1 Å². The number of rotatable bonds is 3. The first-order valence-corrected chi connectivity index (χ1v) is 7.20. The minimum absolute atomic E-state index is 0.0384. The minimum Gasteiger partial charge on any atom is -0.342 e. The van der Waals surface area contributed by atoms with Gasteiger partial charge in [0.1, 0.15) is 12.2 Å². The van der Waals surface area contributed by atoms with E-state index in [-0.39, 0.29) is 11.5 Å². The van der Waals surface area contributed by atoms with Crippen LogP contribution in [0.1, 0.15) is 23.5 Å². The normalized spacial score (nSPS) is 14.5. The highest BCUT2D eigenvalue weighted by molar-refractivity contribution is 5.76. The van der Waals surface area contributed by atoms with Crippen LogP contribution in [0.4, 0.5) is 0 Å². The molecule has 1 aliphatic heterocycles. The van der Waals surface area contributed by atoms with Crippen LogP contribution in [0.3, 0.4) is 0 Å². The number of H-pyrrole nitrogens is 1. The van der Waals surface area contributed by atoms with Crippen molar-refractivity contribution in [1.29, 1.82) is 0 Å². The molecule has 1 N–H and O–H groups in total. The Morgan fingerprint density at radius 2 is 2.18 bits per heavy atom. The highest BCUT2D eigenvalue weighted by atomic mass is 16.2. The Hall–Kier alpha value is -2.58. The lowest BCUT2D eigenvalue weighted by molar-refractivity contribution is -0.131. The van der Waals surface area contributed by atoms with Gasteiger partial charge in [0.15, 0.2) is 0 Å². The second-order valence-corrected chi connectivity index (χ2v) is 5.28. The van der Waals surface area contributed by atoms with Crippen molar-refractivity contribution in [2.45, 2.75) is 32.7 Å². The van der Waals surface area contributed by atoms with E-state index >= 15 is 0 Å². The lowest BCUT2D eigenvalue weighted by Gasteiger charge is -2.19. The van der Waals surface area contributed by atoms with E-state index in [1.54, 1.807) is 11.8 Å². The number of carbonyl (C=O) groups is 1. The number of carbonyl (C=O) groups excluding carboxylic acids is 1. The summed E-state index contributed by atoms with van der Waals surface area (Å²) in [5.41, 5.74) is 1.41. The average Bonchev–Trinajstić information content (AvgIpc) is 2.91. The van der Waals surface area contributed by atoms with Crippen molar-refractivity contribution in [3.05, 3.63) is 33.8 Å². The fourth-order valence-corrected chi connectivity index (χ4v) is 2.63. The summed E-state index contributed by atoms with van der Waals surface area (Å²) in [5, 5.41) is 10.8. The van der Waals surface area contributed by atoms with E-state index in [0.717, 1.165) is 5.69 Å². The molecule has 0 unspecified atom stereocenters. The topological polar surface area (TPSA) is 110 Å². The zero-order valence-electron chi connectivity index (χ0n) is 12.3. The molecule has 1 aliphatic rings. The molecule has 1 amide bonds. The molecule has 0 spiro atoms. The number of aromatic amines is 1. The third-order valence-electron chi connectivity index (χ3n) is 3.77. The molecule has 0 bridgehead atoms. The molecule has 0 saturated carbocycles. The van der Waals surface area contributed by atoms with Gasteiger partial charge >= 0.3 is 0 Å². The molecule has 0 fully saturated rings. The van der Waals surface area contributed by atoms with Crippen molar-refractivity contribution in [2.24, 2.45) is 0 Å². The third-order valence-corrected chi connectivity index (χ3v) is 3.77. The van der Waals surface area contributed by atoms with Gasteiger partial charge in [0.2, 0.25) is 5.91 Å². The van der Waals surface area contributed by atoms with E-state index in [1.807, 2.05) is 0 Å². The predicted octanol–water partition coefficient (Wildman–Crippen LogP) is -0.918. The largest absolute Gasteiger partial charge is 0.342 e. The summed E-state index contributed by atoms with van der Waals surface area (Å²) in [6.45, 7) is 3.33. The lowest BCUT2D eigenvalue weighted by Crippen LogP contribution is -2.34. The maximum atomic E-state index is 12.3. The molecule has 3 rings (SSSR count). The van der Waals surface area contributed by atoms with Crippen LogP contribution < -0.4 is 5.56 Å². The van der Waals surface area contributed by atoms with Crippen LogP contribution in [-0.2, 0) is 24.2 Å². The van der Waals surface area contributed by atoms with Crippen molar-refractivity contribution >= 4 is 5.91 Å². The molecule has 2 aromatic rings. The molecule has 22 heavy (non-hydrogen) atoms. The Bertz CT molecular complexity index is 722. The summed E-state index contributed by atoms with van der Waals surface area (Å²) < 4.78 is 1.53. The summed E-state index contributed by atoms with van der Waals surface area (Å²) >= 11 is 0. The summed E-state index contributed by atoms with van der Waals surface area (Å²) in [7, 11) is 0. The standard InChI is InChI=1S/C13H17N7O2/c1-9-15-11-3-6-19(5-2-10(11)13(22)16-9)12(21)4-7-20-8-14-17-18-20/h8H,2-7H2,1H3,(H,15,16,22). The molecule has 0 aromatic carbocycles. The number of nitrogens with one attached hydrogen (secondary N) is 1. The number of aryl methyl sites for hydroxylation is 2. The molecule has 0 aliphatic carbocycles. The van der Waals surface area contributed by atoms with E-state index in [9.17, 15) is 9.59 Å². The first-order valence-electron chi connectivity index (χ1n) is 7.20. The van der Waals surface area contributed by atoms with Gasteiger partial charge in [-0.15, -0.1) is 5.10 Å². The molecular weight excluding hydrogens is 286 g/mol. The zero-order valence-corrected chi connectivity index (χ0v) is 12.3. The van der Waals surface area contributed by atoms with E-state index < -0.39 is 0 Å². The van der Waals surface area contributed by atoms with Crippen LogP contribution in [0.5, 0.6) is 0 Å². The molecule has 0 saturated heterocycles. The van der Waals surface area contributed by atoms with Gasteiger partial charge in [-0.1, -0.05) is 0 Å². The first kappa shape index (κ1) is 14.4. The molecule has 9 nitrogen and oxygen atoms in total. The second-order valence-electron chi connectivity index (χ2n) is 5.28. The predicted molar refractivity (Wildman–Crippen MR) is 76.0 cm³/mol. The Labute approximate surface area is 126 Å². The SMILES string of the molecule is Cc1nc2c(c(=O)[nH]1)CCN(C(=O)CCn1cnnn1)CC2. The third kappa shape index (κ3) is 3.02.